The number of amides is 1. The highest BCUT2D eigenvalue weighted by Gasteiger charge is 2.25. The van der Waals surface area contributed by atoms with Crippen molar-refractivity contribution in [1.82, 2.24) is 10.2 Å². The number of hydrogen-bond acceptors (Lipinski definition) is 5. The third-order valence-corrected chi connectivity index (χ3v) is 5.62. The number of rotatable bonds is 5. The summed E-state index contributed by atoms with van der Waals surface area (Å²) in [5, 5.41) is 14.0. The average molecular weight is 360 g/mol. The molecule has 1 saturated carbocycles. The minimum absolute atomic E-state index is 0.112. The lowest BCUT2D eigenvalue weighted by molar-refractivity contribution is -0.384. The molecule has 1 aliphatic carbocycles. The van der Waals surface area contributed by atoms with Crippen molar-refractivity contribution in [3.05, 3.63) is 34.4 Å². The second-order valence-electron chi connectivity index (χ2n) is 7.47. The summed E-state index contributed by atoms with van der Waals surface area (Å²) >= 11 is 0. The van der Waals surface area contributed by atoms with Crippen molar-refractivity contribution in [2.24, 2.45) is 5.92 Å². The molecule has 1 aromatic carbocycles. The lowest BCUT2D eigenvalue weighted by atomic mass is 9.86. The highest BCUT2D eigenvalue weighted by atomic mass is 16.6. The minimum atomic E-state index is -0.381. The highest BCUT2D eigenvalue weighted by molar-refractivity contribution is 5.78. The number of nitro benzene ring substituents is 1. The Morgan fingerprint density at radius 2 is 1.81 bits per heavy atom. The lowest BCUT2D eigenvalue weighted by Gasteiger charge is -2.36. The maximum absolute atomic E-state index is 12.3. The van der Waals surface area contributed by atoms with E-state index in [4.69, 9.17) is 0 Å². The van der Waals surface area contributed by atoms with Crippen molar-refractivity contribution in [3.8, 4) is 0 Å². The number of nitrogens with zero attached hydrogens (tertiary/aromatic N) is 3. The van der Waals surface area contributed by atoms with Gasteiger partial charge < -0.3 is 10.2 Å². The van der Waals surface area contributed by atoms with Gasteiger partial charge in [-0.3, -0.25) is 19.8 Å². The number of anilines is 1. The van der Waals surface area contributed by atoms with E-state index in [9.17, 15) is 14.9 Å². The summed E-state index contributed by atoms with van der Waals surface area (Å²) in [4.78, 5) is 27.1. The van der Waals surface area contributed by atoms with Gasteiger partial charge in [0, 0.05) is 50.0 Å². The van der Waals surface area contributed by atoms with E-state index in [-0.39, 0.29) is 16.5 Å². The number of nitrogens with one attached hydrogen (secondary N) is 1. The fourth-order valence-corrected chi connectivity index (χ4v) is 3.94. The summed E-state index contributed by atoms with van der Waals surface area (Å²) < 4.78 is 0. The van der Waals surface area contributed by atoms with Gasteiger partial charge in [0.2, 0.25) is 5.91 Å². The molecule has 0 unspecified atom stereocenters. The fourth-order valence-electron chi connectivity index (χ4n) is 3.94. The van der Waals surface area contributed by atoms with Crippen LogP contribution in [-0.4, -0.2) is 54.5 Å². The summed E-state index contributed by atoms with van der Waals surface area (Å²) in [6.45, 7) is 5.98. The van der Waals surface area contributed by atoms with E-state index in [2.05, 4.69) is 22.0 Å². The zero-order valence-electron chi connectivity index (χ0n) is 15.4. The molecule has 142 valence electrons. The maximum atomic E-state index is 12.3. The fraction of sp³-hybridized carbons (Fsp3) is 0.632. The predicted molar refractivity (Wildman–Crippen MR) is 101 cm³/mol. The van der Waals surface area contributed by atoms with Gasteiger partial charge in [0.1, 0.15) is 0 Å². The molecule has 26 heavy (non-hydrogen) atoms. The number of nitro groups is 1. The monoisotopic (exact) mass is 360 g/mol. The molecule has 1 saturated heterocycles. The van der Waals surface area contributed by atoms with Gasteiger partial charge >= 0.3 is 0 Å². The van der Waals surface area contributed by atoms with Crippen molar-refractivity contribution < 1.29 is 9.72 Å². The first-order valence-electron chi connectivity index (χ1n) is 9.54. The molecule has 0 radical (unpaired) electrons. The Kier molecular flexibility index (Phi) is 6.08. The Balaban J connectivity index is 1.44. The number of carbonyl (C=O) groups excluding carboxylic acids is 1. The number of carbonyl (C=O) groups is 1. The van der Waals surface area contributed by atoms with E-state index >= 15 is 0 Å². The molecule has 7 heteroatoms. The topological polar surface area (TPSA) is 78.7 Å². The van der Waals surface area contributed by atoms with E-state index in [1.54, 1.807) is 24.3 Å². The third-order valence-electron chi connectivity index (χ3n) is 5.62. The molecule has 2 atom stereocenters. The Morgan fingerprint density at radius 1 is 1.15 bits per heavy atom. The highest BCUT2D eigenvalue weighted by Crippen LogP contribution is 2.24. The smallest absolute Gasteiger partial charge is 0.269 e. The Morgan fingerprint density at radius 3 is 2.42 bits per heavy atom. The van der Waals surface area contributed by atoms with E-state index in [0.29, 0.717) is 18.5 Å². The van der Waals surface area contributed by atoms with Gasteiger partial charge in [-0.1, -0.05) is 19.8 Å². The first-order chi connectivity index (χ1) is 12.5. The van der Waals surface area contributed by atoms with Crippen LogP contribution in [0.15, 0.2) is 24.3 Å². The van der Waals surface area contributed by atoms with Crippen molar-refractivity contribution in [1.29, 1.82) is 0 Å². The van der Waals surface area contributed by atoms with Crippen LogP contribution in [0.25, 0.3) is 0 Å². The summed E-state index contributed by atoms with van der Waals surface area (Å²) in [5.41, 5.74) is 1.11. The van der Waals surface area contributed by atoms with Gasteiger partial charge in [0.15, 0.2) is 0 Å². The molecule has 1 aromatic rings. The molecule has 2 aliphatic rings. The van der Waals surface area contributed by atoms with Crippen LogP contribution in [0, 0.1) is 16.0 Å². The molecule has 1 amide bonds. The standard InChI is InChI=1S/C19H28N4O3/c1-15-4-2-3-5-18(15)20-19(24)14-21-10-12-22(13-11-21)16-6-8-17(9-7-16)23(25)26/h6-9,15,18H,2-5,10-14H2,1H3,(H,20,24)/t15-,18+/m1/s1. The van der Waals surface area contributed by atoms with E-state index in [1.807, 2.05) is 0 Å². The first kappa shape index (κ1) is 18.6. The summed E-state index contributed by atoms with van der Waals surface area (Å²) in [5.74, 6) is 0.708. The van der Waals surface area contributed by atoms with Crippen LogP contribution in [0.3, 0.4) is 0 Å². The molecular weight excluding hydrogens is 332 g/mol. The zero-order chi connectivity index (χ0) is 18.5. The minimum Gasteiger partial charge on any atom is -0.369 e. The van der Waals surface area contributed by atoms with Crippen molar-refractivity contribution >= 4 is 17.3 Å². The molecule has 0 spiro atoms. The van der Waals surface area contributed by atoms with Gasteiger partial charge in [-0.05, 0) is 30.9 Å². The maximum Gasteiger partial charge on any atom is 0.269 e. The van der Waals surface area contributed by atoms with Crippen LogP contribution < -0.4 is 10.2 Å². The average Bonchev–Trinajstić information content (AvgIpc) is 2.64. The molecular formula is C19H28N4O3. The number of benzene rings is 1. The largest absolute Gasteiger partial charge is 0.369 e. The van der Waals surface area contributed by atoms with Crippen LogP contribution in [0.5, 0.6) is 0 Å². The lowest BCUT2D eigenvalue weighted by Crippen LogP contribution is -2.51. The molecule has 1 N–H and O–H groups in total. The second kappa shape index (κ2) is 8.49. The molecule has 0 bridgehead atoms. The summed E-state index contributed by atoms with van der Waals surface area (Å²) in [6, 6.07) is 7.01. The SMILES string of the molecule is C[C@@H]1CCCC[C@@H]1NC(=O)CN1CCN(c2ccc([N+](=O)[O-])cc2)CC1. The van der Waals surface area contributed by atoms with Gasteiger partial charge in [0.05, 0.1) is 11.5 Å². The Bertz CT molecular complexity index is 626. The van der Waals surface area contributed by atoms with Gasteiger partial charge in [-0.15, -0.1) is 0 Å². The van der Waals surface area contributed by atoms with Crippen LogP contribution in [0.2, 0.25) is 0 Å². The van der Waals surface area contributed by atoms with E-state index in [1.165, 1.54) is 19.3 Å². The molecule has 1 aliphatic heterocycles. The van der Waals surface area contributed by atoms with Gasteiger partial charge in [-0.25, -0.2) is 0 Å². The third kappa shape index (κ3) is 4.72. The van der Waals surface area contributed by atoms with Crippen molar-refractivity contribution in [2.45, 2.75) is 38.6 Å². The van der Waals surface area contributed by atoms with Crippen LogP contribution in [0.1, 0.15) is 32.6 Å². The Labute approximate surface area is 154 Å². The molecule has 2 fully saturated rings. The predicted octanol–water partition coefficient (Wildman–Crippen LogP) is 2.41. The van der Waals surface area contributed by atoms with E-state index in [0.717, 1.165) is 38.3 Å². The van der Waals surface area contributed by atoms with Crippen LogP contribution >= 0.6 is 0 Å². The molecule has 7 nitrogen and oxygen atoms in total. The quantitative estimate of drug-likeness (QED) is 0.644. The molecule has 3 rings (SSSR count). The van der Waals surface area contributed by atoms with Crippen LogP contribution in [0.4, 0.5) is 11.4 Å². The van der Waals surface area contributed by atoms with Gasteiger partial charge in [0.25, 0.3) is 5.69 Å². The Hall–Kier alpha value is -2.15. The summed E-state index contributed by atoms with van der Waals surface area (Å²) in [7, 11) is 0. The molecule has 0 aromatic heterocycles. The molecule has 1 heterocycles. The van der Waals surface area contributed by atoms with Gasteiger partial charge in [-0.2, -0.15) is 0 Å². The number of non-ortho nitro benzene ring substituents is 1. The van der Waals surface area contributed by atoms with E-state index < -0.39 is 0 Å². The normalized spacial score (nSPS) is 24.3. The zero-order valence-corrected chi connectivity index (χ0v) is 15.4. The number of hydrogen-bond donors (Lipinski definition) is 1. The second-order valence-corrected chi connectivity index (χ2v) is 7.47. The van der Waals surface area contributed by atoms with Crippen LogP contribution in [-0.2, 0) is 4.79 Å². The summed E-state index contributed by atoms with van der Waals surface area (Å²) in [6.07, 6.45) is 4.79. The van der Waals surface area contributed by atoms with Crippen molar-refractivity contribution in [2.75, 3.05) is 37.6 Å². The van der Waals surface area contributed by atoms with Crippen molar-refractivity contribution in [3.63, 3.8) is 0 Å². The number of piperazine rings is 1. The first-order valence-corrected chi connectivity index (χ1v) is 9.54.